The fourth-order valence-electron chi connectivity index (χ4n) is 1.85. The highest BCUT2D eigenvalue weighted by Gasteiger charge is 2.21. The van der Waals surface area contributed by atoms with Gasteiger partial charge in [-0.1, -0.05) is 12.1 Å². The molecule has 2 rings (SSSR count). The van der Waals surface area contributed by atoms with Crippen molar-refractivity contribution >= 4 is 18.3 Å². The number of halogens is 2. The average Bonchev–Trinajstić information content (AvgIpc) is 2.33. The smallest absolute Gasteiger partial charge is 0.256 e. The number of amides is 1. The summed E-state index contributed by atoms with van der Waals surface area (Å²) in [6.07, 6.45) is 0. The second-order valence-corrected chi connectivity index (χ2v) is 3.98. The largest absolute Gasteiger partial charge is 0.336 e. The van der Waals surface area contributed by atoms with Crippen molar-refractivity contribution in [3.05, 3.63) is 35.1 Å². The quantitative estimate of drug-likeness (QED) is 0.830. The molecule has 1 fully saturated rings. The first-order valence-electron chi connectivity index (χ1n) is 5.45. The van der Waals surface area contributed by atoms with Gasteiger partial charge in [0.2, 0.25) is 0 Å². The Morgan fingerprint density at radius 2 is 2.00 bits per heavy atom. The molecule has 1 N–H and O–H groups in total. The van der Waals surface area contributed by atoms with Crippen molar-refractivity contribution in [3.8, 4) is 0 Å². The van der Waals surface area contributed by atoms with Gasteiger partial charge in [0.1, 0.15) is 5.82 Å². The van der Waals surface area contributed by atoms with Crippen molar-refractivity contribution in [2.24, 2.45) is 0 Å². The number of carbonyl (C=O) groups is 1. The monoisotopic (exact) mass is 258 g/mol. The summed E-state index contributed by atoms with van der Waals surface area (Å²) >= 11 is 0. The van der Waals surface area contributed by atoms with E-state index in [4.69, 9.17) is 0 Å². The lowest BCUT2D eigenvalue weighted by molar-refractivity contribution is 0.0731. The van der Waals surface area contributed by atoms with Crippen molar-refractivity contribution < 1.29 is 9.18 Å². The summed E-state index contributed by atoms with van der Waals surface area (Å²) in [6, 6.07) is 4.93. The molecule has 3 nitrogen and oxygen atoms in total. The third-order valence-electron chi connectivity index (χ3n) is 2.83. The van der Waals surface area contributed by atoms with E-state index in [9.17, 15) is 9.18 Å². The number of hydrogen-bond acceptors (Lipinski definition) is 2. The molecule has 1 saturated heterocycles. The zero-order valence-electron chi connectivity index (χ0n) is 9.70. The summed E-state index contributed by atoms with van der Waals surface area (Å²) in [5.41, 5.74) is 0.697. The molecule has 1 aromatic rings. The van der Waals surface area contributed by atoms with Crippen molar-refractivity contribution in [1.82, 2.24) is 10.2 Å². The molecule has 17 heavy (non-hydrogen) atoms. The van der Waals surface area contributed by atoms with E-state index in [2.05, 4.69) is 5.32 Å². The molecular weight excluding hydrogens is 243 g/mol. The van der Waals surface area contributed by atoms with Gasteiger partial charge in [-0.05, 0) is 18.6 Å². The summed E-state index contributed by atoms with van der Waals surface area (Å²) in [5.74, 6) is -0.603. The summed E-state index contributed by atoms with van der Waals surface area (Å²) in [7, 11) is 0. The highest BCUT2D eigenvalue weighted by atomic mass is 35.5. The number of benzene rings is 1. The second kappa shape index (κ2) is 5.98. The van der Waals surface area contributed by atoms with Crippen LogP contribution in [0.1, 0.15) is 15.9 Å². The Labute approximate surface area is 106 Å². The number of nitrogens with one attached hydrogen (secondary N) is 1. The van der Waals surface area contributed by atoms with Crippen molar-refractivity contribution in [2.75, 3.05) is 26.2 Å². The SMILES string of the molecule is Cc1cccc(C(=O)N2CCNCC2)c1F.Cl. The topological polar surface area (TPSA) is 32.3 Å². The van der Waals surface area contributed by atoms with Gasteiger partial charge >= 0.3 is 0 Å². The van der Waals surface area contributed by atoms with E-state index in [-0.39, 0.29) is 23.9 Å². The third-order valence-corrected chi connectivity index (χ3v) is 2.83. The molecule has 5 heteroatoms. The Bertz CT molecular complexity index is 405. The zero-order valence-corrected chi connectivity index (χ0v) is 10.5. The highest BCUT2D eigenvalue weighted by Crippen LogP contribution is 2.14. The first-order valence-corrected chi connectivity index (χ1v) is 5.45. The Kier molecular flexibility index (Phi) is 4.90. The van der Waals surface area contributed by atoms with E-state index in [0.29, 0.717) is 18.7 Å². The molecule has 94 valence electrons. The Morgan fingerprint density at radius 1 is 1.35 bits per heavy atom. The molecule has 0 atom stereocenters. The summed E-state index contributed by atoms with van der Waals surface area (Å²) < 4.78 is 13.7. The van der Waals surface area contributed by atoms with Crippen LogP contribution in [0, 0.1) is 12.7 Å². The number of piperazine rings is 1. The van der Waals surface area contributed by atoms with Gasteiger partial charge in [-0.2, -0.15) is 0 Å². The zero-order chi connectivity index (χ0) is 11.5. The van der Waals surface area contributed by atoms with Gasteiger partial charge in [0.15, 0.2) is 0 Å². The molecule has 0 aromatic heterocycles. The van der Waals surface area contributed by atoms with Crippen molar-refractivity contribution in [2.45, 2.75) is 6.92 Å². The predicted octanol–water partition coefficient (Wildman–Crippen LogP) is 1.60. The lowest BCUT2D eigenvalue weighted by Gasteiger charge is -2.27. The Balaban J connectivity index is 0.00000144. The summed E-state index contributed by atoms with van der Waals surface area (Å²) in [5, 5.41) is 3.16. The van der Waals surface area contributed by atoms with Crippen LogP contribution in [-0.2, 0) is 0 Å². The molecule has 1 heterocycles. The number of rotatable bonds is 1. The van der Waals surface area contributed by atoms with Gasteiger partial charge in [0, 0.05) is 26.2 Å². The van der Waals surface area contributed by atoms with E-state index in [1.54, 1.807) is 30.0 Å². The van der Waals surface area contributed by atoms with Gasteiger partial charge in [0.25, 0.3) is 5.91 Å². The molecule has 1 aliphatic heterocycles. The molecule has 1 amide bonds. The normalized spacial score (nSPS) is 15.3. The Hall–Kier alpha value is -1.13. The van der Waals surface area contributed by atoms with Crippen LogP contribution < -0.4 is 5.32 Å². The molecule has 1 aromatic carbocycles. The van der Waals surface area contributed by atoms with E-state index in [0.717, 1.165) is 13.1 Å². The second-order valence-electron chi connectivity index (χ2n) is 3.98. The fourth-order valence-corrected chi connectivity index (χ4v) is 1.85. The van der Waals surface area contributed by atoms with Crippen molar-refractivity contribution in [3.63, 3.8) is 0 Å². The molecule has 0 bridgehead atoms. The minimum absolute atomic E-state index is 0. The van der Waals surface area contributed by atoms with E-state index >= 15 is 0 Å². The lowest BCUT2D eigenvalue weighted by Crippen LogP contribution is -2.46. The van der Waals surface area contributed by atoms with Gasteiger partial charge in [0.05, 0.1) is 5.56 Å². The molecule has 0 saturated carbocycles. The number of carbonyl (C=O) groups excluding carboxylic acids is 1. The lowest BCUT2D eigenvalue weighted by atomic mass is 10.1. The standard InChI is InChI=1S/C12H15FN2O.ClH/c1-9-3-2-4-10(11(9)13)12(16)15-7-5-14-6-8-15;/h2-4,14H,5-8H2,1H3;1H. The van der Waals surface area contributed by atoms with Crippen molar-refractivity contribution in [1.29, 1.82) is 0 Å². The third kappa shape index (κ3) is 2.96. The number of aryl methyl sites for hydroxylation is 1. The van der Waals surface area contributed by atoms with E-state index in [1.165, 1.54) is 0 Å². The van der Waals surface area contributed by atoms with Crippen LogP contribution in [-0.4, -0.2) is 37.0 Å². The van der Waals surface area contributed by atoms with Crippen LogP contribution >= 0.6 is 12.4 Å². The predicted molar refractivity (Wildman–Crippen MR) is 67.2 cm³/mol. The fraction of sp³-hybridized carbons (Fsp3) is 0.417. The van der Waals surface area contributed by atoms with Crippen LogP contribution in [0.5, 0.6) is 0 Å². The van der Waals surface area contributed by atoms with Gasteiger partial charge in [-0.15, -0.1) is 12.4 Å². The van der Waals surface area contributed by atoms with Crippen LogP contribution in [0.4, 0.5) is 4.39 Å². The number of nitrogens with zero attached hydrogens (tertiary/aromatic N) is 1. The van der Waals surface area contributed by atoms with Crippen LogP contribution in [0.25, 0.3) is 0 Å². The maximum atomic E-state index is 13.7. The Morgan fingerprint density at radius 3 is 2.65 bits per heavy atom. The average molecular weight is 259 g/mol. The van der Waals surface area contributed by atoms with Gasteiger partial charge < -0.3 is 10.2 Å². The summed E-state index contributed by atoms with van der Waals surface area (Å²) in [6.45, 7) is 4.51. The maximum absolute atomic E-state index is 13.7. The summed E-state index contributed by atoms with van der Waals surface area (Å²) in [4.78, 5) is 13.7. The van der Waals surface area contributed by atoms with Gasteiger partial charge in [-0.25, -0.2) is 4.39 Å². The minimum atomic E-state index is -0.397. The first kappa shape index (κ1) is 13.9. The van der Waals surface area contributed by atoms with Gasteiger partial charge in [-0.3, -0.25) is 4.79 Å². The van der Waals surface area contributed by atoms with E-state index < -0.39 is 5.82 Å². The minimum Gasteiger partial charge on any atom is -0.336 e. The van der Waals surface area contributed by atoms with E-state index in [1.807, 2.05) is 0 Å². The molecular formula is C12H16ClFN2O. The maximum Gasteiger partial charge on any atom is 0.256 e. The highest BCUT2D eigenvalue weighted by molar-refractivity contribution is 5.94. The molecule has 0 spiro atoms. The molecule has 0 unspecified atom stereocenters. The van der Waals surface area contributed by atoms with Crippen LogP contribution in [0.3, 0.4) is 0 Å². The van der Waals surface area contributed by atoms with Crippen LogP contribution in [0.2, 0.25) is 0 Å². The van der Waals surface area contributed by atoms with Crippen LogP contribution in [0.15, 0.2) is 18.2 Å². The molecule has 0 radical (unpaired) electrons. The molecule has 0 aliphatic carbocycles. The number of hydrogen-bond donors (Lipinski definition) is 1. The molecule has 1 aliphatic rings. The first-order chi connectivity index (χ1) is 7.70.